The molecular formula is C12H12N4OS. The molecule has 0 saturated heterocycles. The fourth-order valence-corrected chi connectivity index (χ4v) is 2.33. The summed E-state index contributed by atoms with van der Waals surface area (Å²) >= 11 is 1.45. The molecular weight excluding hydrogens is 248 g/mol. The maximum absolute atomic E-state index is 8.76. The number of hydrogen-bond donors (Lipinski definition) is 2. The van der Waals surface area contributed by atoms with Crippen LogP contribution in [0.25, 0.3) is 0 Å². The molecule has 0 radical (unpaired) electrons. The molecule has 18 heavy (non-hydrogen) atoms. The molecule has 2 aromatic heterocycles. The van der Waals surface area contributed by atoms with Crippen LogP contribution in [0.1, 0.15) is 11.3 Å². The van der Waals surface area contributed by atoms with Gasteiger partial charge in [-0.05, 0) is 31.2 Å². The Bertz CT molecular complexity index is 572. The maximum atomic E-state index is 8.76. The zero-order chi connectivity index (χ0) is 13.0. The molecule has 0 aliphatic carbocycles. The monoisotopic (exact) mass is 260 g/mol. The molecule has 0 saturated carbocycles. The Morgan fingerprint density at radius 2 is 2.00 bits per heavy atom. The van der Waals surface area contributed by atoms with Crippen molar-refractivity contribution in [2.24, 2.45) is 10.9 Å². The van der Waals surface area contributed by atoms with Crippen molar-refractivity contribution in [3.8, 4) is 0 Å². The van der Waals surface area contributed by atoms with Crippen molar-refractivity contribution < 1.29 is 5.21 Å². The van der Waals surface area contributed by atoms with Gasteiger partial charge in [-0.25, -0.2) is 4.98 Å². The van der Waals surface area contributed by atoms with Gasteiger partial charge in [-0.3, -0.25) is 4.98 Å². The molecule has 2 aromatic rings. The minimum Gasteiger partial charge on any atom is -0.409 e. The second kappa shape index (κ2) is 5.50. The van der Waals surface area contributed by atoms with E-state index in [9.17, 15) is 0 Å². The van der Waals surface area contributed by atoms with Gasteiger partial charge in [-0.1, -0.05) is 16.9 Å². The lowest BCUT2D eigenvalue weighted by Crippen LogP contribution is -2.15. The summed E-state index contributed by atoms with van der Waals surface area (Å²) in [5.74, 6) is 0.0547. The van der Waals surface area contributed by atoms with Gasteiger partial charge in [0.2, 0.25) is 0 Å². The molecule has 0 aromatic carbocycles. The van der Waals surface area contributed by atoms with Crippen LogP contribution in [0.4, 0.5) is 0 Å². The molecule has 0 spiro atoms. The van der Waals surface area contributed by atoms with E-state index in [1.165, 1.54) is 11.8 Å². The van der Waals surface area contributed by atoms with Gasteiger partial charge in [0.15, 0.2) is 5.84 Å². The number of amidine groups is 1. The highest BCUT2D eigenvalue weighted by Crippen LogP contribution is 2.28. The highest BCUT2D eigenvalue weighted by molar-refractivity contribution is 7.99. The number of hydrogen-bond acceptors (Lipinski definition) is 5. The molecule has 0 fully saturated rings. The van der Waals surface area contributed by atoms with Crippen molar-refractivity contribution in [1.82, 2.24) is 9.97 Å². The number of aromatic nitrogens is 2. The molecule has 2 heterocycles. The van der Waals surface area contributed by atoms with Crippen LogP contribution < -0.4 is 5.73 Å². The lowest BCUT2D eigenvalue weighted by Gasteiger charge is -2.07. The zero-order valence-electron chi connectivity index (χ0n) is 9.74. The third-order valence-corrected chi connectivity index (χ3v) is 3.26. The van der Waals surface area contributed by atoms with Crippen LogP contribution >= 0.6 is 11.8 Å². The number of rotatable bonds is 3. The summed E-state index contributed by atoms with van der Waals surface area (Å²) in [6.45, 7) is 1.90. The van der Waals surface area contributed by atoms with Gasteiger partial charge in [0.1, 0.15) is 5.03 Å². The standard InChI is InChI=1S/C12H12N4OS/c1-8-2-3-10(11(13)16-17)12(15-8)18-9-4-6-14-7-5-9/h2-7,17H,1H3,(H2,13,16). The minimum absolute atomic E-state index is 0.0547. The third kappa shape index (κ3) is 2.78. The van der Waals surface area contributed by atoms with Crippen LogP contribution in [0, 0.1) is 6.92 Å². The van der Waals surface area contributed by atoms with Crippen LogP contribution in [-0.4, -0.2) is 21.0 Å². The summed E-state index contributed by atoms with van der Waals surface area (Å²) in [6, 6.07) is 7.38. The quantitative estimate of drug-likeness (QED) is 0.382. The Morgan fingerprint density at radius 3 is 2.67 bits per heavy atom. The maximum Gasteiger partial charge on any atom is 0.172 e. The Labute approximate surface area is 109 Å². The van der Waals surface area contributed by atoms with Crippen LogP contribution in [0.15, 0.2) is 51.7 Å². The molecule has 0 amide bonds. The van der Waals surface area contributed by atoms with E-state index in [2.05, 4.69) is 15.1 Å². The summed E-state index contributed by atoms with van der Waals surface area (Å²) in [5.41, 5.74) is 7.12. The minimum atomic E-state index is 0.0547. The van der Waals surface area contributed by atoms with Crippen molar-refractivity contribution in [3.05, 3.63) is 47.9 Å². The van der Waals surface area contributed by atoms with Crippen molar-refractivity contribution in [1.29, 1.82) is 0 Å². The Morgan fingerprint density at radius 1 is 1.28 bits per heavy atom. The number of oxime groups is 1. The molecule has 0 atom stereocenters. The van der Waals surface area contributed by atoms with Crippen molar-refractivity contribution >= 4 is 17.6 Å². The SMILES string of the molecule is Cc1ccc(C(N)=NO)c(Sc2ccncc2)n1. The molecule has 92 valence electrons. The molecule has 0 unspecified atom stereocenters. The Hall–Kier alpha value is -2.08. The molecule has 0 aliphatic rings. The van der Waals surface area contributed by atoms with Crippen molar-refractivity contribution in [2.45, 2.75) is 16.8 Å². The smallest absolute Gasteiger partial charge is 0.172 e. The lowest BCUT2D eigenvalue weighted by molar-refractivity contribution is 0.318. The molecule has 2 rings (SSSR count). The van der Waals surface area contributed by atoms with Gasteiger partial charge < -0.3 is 10.9 Å². The number of nitrogens with zero attached hydrogens (tertiary/aromatic N) is 3. The molecule has 5 nitrogen and oxygen atoms in total. The summed E-state index contributed by atoms with van der Waals surface area (Å²) in [4.78, 5) is 9.36. The van der Waals surface area contributed by atoms with Crippen LogP contribution in [0.5, 0.6) is 0 Å². The second-order valence-corrected chi connectivity index (χ2v) is 4.64. The van der Waals surface area contributed by atoms with Gasteiger partial charge in [0.05, 0.1) is 5.56 Å². The predicted octanol–water partition coefficient (Wildman–Crippen LogP) is 2.03. The van der Waals surface area contributed by atoms with Gasteiger partial charge in [0, 0.05) is 23.0 Å². The van der Waals surface area contributed by atoms with Crippen molar-refractivity contribution in [2.75, 3.05) is 0 Å². The summed E-state index contributed by atoms with van der Waals surface area (Å²) in [6.07, 6.45) is 3.42. The first kappa shape index (κ1) is 12.4. The molecule has 0 bridgehead atoms. The first-order valence-corrected chi connectivity index (χ1v) is 6.06. The van der Waals surface area contributed by atoms with Crippen LogP contribution in [-0.2, 0) is 0 Å². The van der Waals surface area contributed by atoms with E-state index in [0.29, 0.717) is 10.6 Å². The number of pyridine rings is 2. The fourth-order valence-electron chi connectivity index (χ4n) is 1.38. The molecule has 0 aliphatic heterocycles. The Balaban J connectivity index is 2.40. The highest BCUT2D eigenvalue weighted by atomic mass is 32.2. The summed E-state index contributed by atoms with van der Waals surface area (Å²) < 4.78 is 0. The van der Waals surface area contributed by atoms with E-state index in [1.54, 1.807) is 18.5 Å². The normalized spacial score (nSPS) is 11.5. The van der Waals surface area contributed by atoms with Gasteiger partial charge in [-0.15, -0.1) is 0 Å². The average Bonchev–Trinajstić information content (AvgIpc) is 2.39. The summed E-state index contributed by atoms with van der Waals surface area (Å²) in [7, 11) is 0. The van der Waals surface area contributed by atoms with E-state index < -0.39 is 0 Å². The second-order valence-electron chi connectivity index (χ2n) is 3.58. The van der Waals surface area contributed by atoms with E-state index in [4.69, 9.17) is 10.9 Å². The molecule has 3 N–H and O–H groups in total. The zero-order valence-corrected chi connectivity index (χ0v) is 10.6. The van der Waals surface area contributed by atoms with Crippen LogP contribution in [0.3, 0.4) is 0 Å². The fraction of sp³-hybridized carbons (Fsp3) is 0.0833. The lowest BCUT2D eigenvalue weighted by atomic mass is 10.2. The number of aryl methyl sites for hydroxylation is 1. The van der Waals surface area contributed by atoms with Crippen LogP contribution in [0.2, 0.25) is 0 Å². The van der Waals surface area contributed by atoms with Gasteiger partial charge in [0.25, 0.3) is 0 Å². The largest absolute Gasteiger partial charge is 0.409 e. The number of nitrogens with two attached hydrogens (primary N) is 1. The Kier molecular flexibility index (Phi) is 3.78. The average molecular weight is 260 g/mol. The van der Waals surface area contributed by atoms with Gasteiger partial charge in [-0.2, -0.15) is 0 Å². The highest BCUT2D eigenvalue weighted by Gasteiger charge is 2.10. The first-order valence-electron chi connectivity index (χ1n) is 5.24. The van der Waals surface area contributed by atoms with E-state index in [-0.39, 0.29) is 5.84 Å². The van der Waals surface area contributed by atoms with Gasteiger partial charge >= 0.3 is 0 Å². The van der Waals surface area contributed by atoms with E-state index in [1.807, 2.05) is 25.1 Å². The van der Waals surface area contributed by atoms with Crippen molar-refractivity contribution in [3.63, 3.8) is 0 Å². The van der Waals surface area contributed by atoms with E-state index in [0.717, 1.165) is 10.6 Å². The molecule has 6 heteroatoms. The first-order chi connectivity index (χ1) is 8.70. The topological polar surface area (TPSA) is 84.4 Å². The summed E-state index contributed by atoms with van der Waals surface area (Å²) in [5, 5.41) is 12.5. The third-order valence-electron chi connectivity index (χ3n) is 2.25. The predicted molar refractivity (Wildman–Crippen MR) is 69.8 cm³/mol. The van der Waals surface area contributed by atoms with E-state index >= 15 is 0 Å².